The molecule has 4 saturated carbocycles. The molecule has 0 saturated heterocycles. The van der Waals surface area contributed by atoms with Crippen molar-refractivity contribution in [3.8, 4) is 11.1 Å². The number of hydrogen-bond donors (Lipinski definition) is 1. The average Bonchev–Trinajstić information content (AvgIpc) is 2.87. The van der Waals surface area contributed by atoms with Crippen LogP contribution >= 0.6 is 0 Å². The summed E-state index contributed by atoms with van der Waals surface area (Å²) in [7, 11) is 1.68. The summed E-state index contributed by atoms with van der Waals surface area (Å²) in [5, 5.41) is 12.1. The first kappa shape index (κ1) is 23.7. The summed E-state index contributed by atoms with van der Waals surface area (Å²) < 4.78 is 11.5. The van der Waals surface area contributed by atoms with Gasteiger partial charge in [-0.1, -0.05) is 43.3 Å². The largest absolute Gasteiger partial charge is 0.478 e. The van der Waals surface area contributed by atoms with Gasteiger partial charge in [0.05, 0.1) is 11.7 Å². The molecule has 4 aliphatic rings. The minimum absolute atomic E-state index is 0.00441. The zero-order valence-electron chi connectivity index (χ0n) is 21.3. The summed E-state index contributed by atoms with van der Waals surface area (Å²) in [6.45, 7) is 2.49. The highest BCUT2D eigenvalue weighted by Gasteiger charge is 2.52. The van der Waals surface area contributed by atoms with Crippen LogP contribution in [0.1, 0.15) is 79.5 Å². The van der Waals surface area contributed by atoms with Crippen LogP contribution in [0.5, 0.6) is 0 Å². The second kappa shape index (κ2) is 9.32. The van der Waals surface area contributed by atoms with E-state index in [2.05, 4.69) is 37.3 Å². The lowest BCUT2D eigenvalue weighted by atomic mass is 9.47. The van der Waals surface area contributed by atoms with Crippen molar-refractivity contribution in [2.75, 3.05) is 13.9 Å². The average molecular weight is 485 g/mol. The number of carbonyl (C=O) groups is 1. The van der Waals surface area contributed by atoms with E-state index in [1.165, 1.54) is 60.4 Å². The molecule has 7 rings (SSSR count). The van der Waals surface area contributed by atoms with Gasteiger partial charge in [0.1, 0.15) is 6.79 Å². The number of benzene rings is 3. The monoisotopic (exact) mass is 484 g/mol. The second-order valence-electron chi connectivity index (χ2n) is 11.5. The molecular weight excluding hydrogens is 448 g/mol. The summed E-state index contributed by atoms with van der Waals surface area (Å²) in [6, 6.07) is 18.4. The Bertz CT molecular complexity index is 1260. The highest BCUT2D eigenvalue weighted by Crippen LogP contribution is 2.61. The number of fused-ring (bicyclic) bond motifs is 1. The van der Waals surface area contributed by atoms with Gasteiger partial charge in [-0.25, -0.2) is 4.79 Å². The van der Waals surface area contributed by atoms with Crippen LogP contribution in [0.25, 0.3) is 21.9 Å². The zero-order chi connectivity index (χ0) is 24.9. The first-order valence-electron chi connectivity index (χ1n) is 13.5. The molecule has 1 atom stereocenters. The predicted molar refractivity (Wildman–Crippen MR) is 142 cm³/mol. The smallest absolute Gasteiger partial charge is 0.336 e. The Morgan fingerprint density at radius 2 is 1.67 bits per heavy atom. The maximum Gasteiger partial charge on any atom is 0.336 e. The first-order valence-corrected chi connectivity index (χ1v) is 13.5. The van der Waals surface area contributed by atoms with Crippen LogP contribution in [-0.4, -0.2) is 25.0 Å². The van der Waals surface area contributed by atoms with Crippen LogP contribution in [0.2, 0.25) is 0 Å². The lowest BCUT2D eigenvalue weighted by Crippen LogP contribution is -2.49. The molecule has 0 aliphatic heterocycles. The Morgan fingerprint density at radius 1 is 0.972 bits per heavy atom. The van der Waals surface area contributed by atoms with Crippen LogP contribution in [0.15, 0.2) is 54.6 Å². The number of ether oxygens (including phenoxy) is 2. The molecule has 3 aromatic rings. The molecule has 1 N–H and O–H groups in total. The number of hydrogen-bond acceptors (Lipinski definition) is 3. The Kier molecular flexibility index (Phi) is 6.13. The maximum absolute atomic E-state index is 11.9. The summed E-state index contributed by atoms with van der Waals surface area (Å²) in [5.74, 6) is 1.67. The summed E-state index contributed by atoms with van der Waals surface area (Å²) in [4.78, 5) is 11.9. The third-order valence-corrected chi connectivity index (χ3v) is 9.19. The van der Waals surface area contributed by atoms with E-state index in [1.807, 2.05) is 12.1 Å². The van der Waals surface area contributed by atoms with Crippen LogP contribution in [0.3, 0.4) is 0 Å². The molecule has 4 bridgehead atoms. The fraction of sp³-hybridized carbons (Fsp3) is 0.469. The van der Waals surface area contributed by atoms with Crippen molar-refractivity contribution in [1.82, 2.24) is 0 Å². The standard InChI is InChI=1S/C32H36O4/c1-3-30(36-19-35-2)28-14-23-8-9-24(26-6-4-5-7-27(26)31(33)34)13-25(23)15-29(28)32-16-20-10-21(17-32)12-22(11-20)18-32/h4-9,13-15,20-22,30H,3,10-12,16-19H2,1-2H3,(H,33,34). The van der Waals surface area contributed by atoms with Crippen molar-refractivity contribution in [2.24, 2.45) is 17.8 Å². The second-order valence-corrected chi connectivity index (χ2v) is 11.5. The van der Waals surface area contributed by atoms with Gasteiger partial charge < -0.3 is 14.6 Å². The van der Waals surface area contributed by atoms with Gasteiger partial charge in [0.2, 0.25) is 0 Å². The van der Waals surface area contributed by atoms with E-state index in [0.29, 0.717) is 12.4 Å². The molecular formula is C32H36O4. The van der Waals surface area contributed by atoms with E-state index in [-0.39, 0.29) is 11.5 Å². The van der Waals surface area contributed by atoms with Crippen LogP contribution < -0.4 is 0 Å². The van der Waals surface area contributed by atoms with E-state index >= 15 is 0 Å². The van der Waals surface area contributed by atoms with Gasteiger partial charge in [-0.05, 0) is 119 Å². The molecule has 1 unspecified atom stereocenters. The van der Waals surface area contributed by atoms with Gasteiger partial charge in [-0.2, -0.15) is 0 Å². The molecule has 0 aromatic heterocycles. The van der Waals surface area contributed by atoms with Gasteiger partial charge >= 0.3 is 5.97 Å². The summed E-state index contributed by atoms with van der Waals surface area (Å²) in [5.41, 5.74) is 5.09. The molecule has 4 heteroatoms. The van der Waals surface area contributed by atoms with Crippen molar-refractivity contribution >= 4 is 16.7 Å². The highest BCUT2D eigenvalue weighted by atomic mass is 16.7. The van der Waals surface area contributed by atoms with Crippen LogP contribution in [-0.2, 0) is 14.9 Å². The van der Waals surface area contributed by atoms with E-state index in [0.717, 1.165) is 35.3 Å². The van der Waals surface area contributed by atoms with E-state index in [1.54, 1.807) is 19.2 Å². The van der Waals surface area contributed by atoms with Crippen molar-refractivity contribution in [3.05, 3.63) is 71.3 Å². The Labute approximate surface area is 213 Å². The Morgan fingerprint density at radius 3 is 2.31 bits per heavy atom. The van der Waals surface area contributed by atoms with E-state index in [9.17, 15) is 9.90 Å². The lowest BCUT2D eigenvalue weighted by Gasteiger charge is -2.57. The van der Waals surface area contributed by atoms with Gasteiger partial charge in [-0.15, -0.1) is 0 Å². The van der Waals surface area contributed by atoms with Gasteiger partial charge in [0.15, 0.2) is 0 Å². The molecule has 188 valence electrons. The topological polar surface area (TPSA) is 55.8 Å². The summed E-state index contributed by atoms with van der Waals surface area (Å²) >= 11 is 0. The fourth-order valence-electron chi connectivity index (χ4n) is 8.15. The molecule has 0 amide bonds. The third-order valence-electron chi connectivity index (χ3n) is 9.19. The van der Waals surface area contributed by atoms with Crippen LogP contribution in [0.4, 0.5) is 0 Å². The van der Waals surface area contributed by atoms with Crippen molar-refractivity contribution in [3.63, 3.8) is 0 Å². The molecule has 0 heterocycles. The molecule has 4 fully saturated rings. The minimum Gasteiger partial charge on any atom is -0.478 e. The Balaban J connectivity index is 1.51. The number of rotatable bonds is 8. The zero-order valence-corrected chi connectivity index (χ0v) is 21.3. The number of carboxylic acids is 1. The van der Waals surface area contributed by atoms with Crippen molar-refractivity contribution in [1.29, 1.82) is 0 Å². The number of carboxylic acid groups (broad SMARTS) is 1. The summed E-state index contributed by atoms with van der Waals surface area (Å²) in [6.07, 6.45) is 9.02. The minimum atomic E-state index is -0.892. The number of aromatic carboxylic acids is 1. The van der Waals surface area contributed by atoms with E-state index < -0.39 is 5.97 Å². The quantitative estimate of drug-likeness (QED) is 0.332. The first-order chi connectivity index (χ1) is 17.5. The lowest BCUT2D eigenvalue weighted by molar-refractivity contribution is -0.0759. The van der Waals surface area contributed by atoms with Crippen LogP contribution in [0, 0.1) is 17.8 Å². The maximum atomic E-state index is 11.9. The normalized spacial score (nSPS) is 27.4. The molecule has 0 radical (unpaired) electrons. The van der Waals surface area contributed by atoms with Gasteiger partial charge in [0.25, 0.3) is 0 Å². The predicted octanol–water partition coefficient (Wildman–Crippen LogP) is 7.74. The third kappa shape index (κ3) is 4.05. The van der Waals surface area contributed by atoms with Gasteiger partial charge in [0, 0.05) is 7.11 Å². The molecule has 4 nitrogen and oxygen atoms in total. The van der Waals surface area contributed by atoms with Crippen molar-refractivity contribution < 1.29 is 19.4 Å². The molecule has 0 spiro atoms. The van der Waals surface area contributed by atoms with Gasteiger partial charge in [-0.3, -0.25) is 0 Å². The molecule has 36 heavy (non-hydrogen) atoms. The SMILES string of the molecule is CCC(OCOC)c1cc2ccc(-c3ccccc3C(=O)O)cc2cc1C12CC3CC(CC(C3)C1)C2. The van der Waals surface area contributed by atoms with E-state index in [4.69, 9.17) is 9.47 Å². The fourth-order valence-corrected chi connectivity index (χ4v) is 8.15. The number of methoxy groups -OCH3 is 1. The van der Waals surface area contributed by atoms with Crippen molar-refractivity contribution in [2.45, 2.75) is 63.4 Å². The Hall–Kier alpha value is -2.69. The highest BCUT2D eigenvalue weighted by molar-refractivity contribution is 5.98. The molecule has 4 aliphatic carbocycles. The molecule has 3 aromatic carbocycles.